The largest absolute Gasteiger partial charge is 0.508 e. The van der Waals surface area contributed by atoms with Crippen molar-refractivity contribution in [1.82, 2.24) is 0 Å². The third-order valence-electron chi connectivity index (χ3n) is 3.41. The average molecular weight is 250 g/mol. The van der Waals surface area contributed by atoms with Crippen LogP contribution in [0.4, 0.5) is 0 Å². The molecule has 1 rings (SSSR count). The molecule has 1 aromatic carbocycles. The number of benzene rings is 1. The fraction of sp³-hybridized carbons (Fsp3) is 0.533. The lowest BCUT2D eigenvalue weighted by atomic mass is 9.97. The lowest BCUT2D eigenvalue weighted by Crippen LogP contribution is -2.02. The topological polar surface area (TPSA) is 57.5 Å². The zero-order valence-corrected chi connectivity index (χ0v) is 11.1. The summed E-state index contributed by atoms with van der Waals surface area (Å²) in [7, 11) is 0. The Morgan fingerprint density at radius 1 is 1.33 bits per heavy atom. The van der Waals surface area contributed by atoms with Crippen LogP contribution in [-0.4, -0.2) is 16.2 Å². The van der Waals surface area contributed by atoms with Gasteiger partial charge in [-0.15, -0.1) is 0 Å². The van der Waals surface area contributed by atoms with Crippen molar-refractivity contribution in [2.75, 3.05) is 0 Å². The summed E-state index contributed by atoms with van der Waals surface area (Å²) < 4.78 is 0. The van der Waals surface area contributed by atoms with E-state index in [1.807, 2.05) is 0 Å². The van der Waals surface area contributed by atoms with Gasteiger partial charge in [-0.3, -0.25) is 0 Å². The molecule has 1 unspecified atom stereocenters. The van der Waals surface area contributed by atoms with Crippen molar-refractivity contribution in [2.24, 2.45) is 5.92 Å². The number of aromatic hydroxyl groups is 1. The molecule has 3 nitrogen and oxygen atoms in total. The first-order valence-electron chi connectivity index (χ1n) is 6.59. The molecule has 0 aliphatic heterocycles. The van der Waals surface area contributed by atoms with E-state index in [-0.39, 0.29) is 5.75 Å². The number of phenols is 1. The fourth-order valence-corrected chi connectivity index (χ4v) is 2.01. The minimum atomic E-state index is -0.924. The number of aryl methyl sites for hydroxylation is 1. The highest BCUT2D eigenvalue weighted by Gasteiger charge is 2.10. The molecule has 0 amide bonds. The van der Waals surface area contributed by atoms with Crippen LogP contribution in [0.25, 0.3) is 0 Å². The van der Waals surface area contributed by atoms with Gasteiger partial charge in [0, 0.05) is 0 Å². The predicted molar refractivity (Wildman–Crippen MR) is 72.1 cm³/mol. The van der Waals surface area contributed by atoms with E-state index in [9.17, 15) is 9.90 Å². The van der Waals surface area contributed by atoms with E-state index >= 15 is 0 Å². The Bertz CT molecular complexity index is 399. The number of hydrogen-bond acceptors (Lipinski definition) is 2. The highest BCUT2D eigenvalue weighted by atomic mass is 16.4. The van der Waals surface area contributed by atoms with Gasteiger partial charge in [-0.25, -0.2) is 4.79 Å². The number of carboxylic acids is 1. The Labute approximate surface area is 108 Å². The Balaban J connectivity index is 2.55. The summed E-state index contributed by atoms with van der Waals surface area (Å²) in [5.41, 5.74) is 1.03. The van der Waals surface area contributed by atoms with Crippen LogP contribution in [0.15, 0.2) is 18.2 Å². The van der Waals surface area contributed by atoms with Crippen LogP contribution in [0.3, 0.4) is 0 Å². The van der Waals surface area contributed by atoms with E-state index in [0.717, 1.165) is 24.3 Å². The van der Waals surface area contributed by atoms with Gasteiger partial charge in [0.05, 0.1) is 5.56 Å². The van der Waals surface area contributed by atoms with Crippen molar-refractivity contribution in [2.45, 2.75) is 46.0 Å². The standard InChI is InChI=1S/C15H22O3/c1-3-11(2)6-4-5-7-12-10-13(16)8-9-14(12)15(17)18/h8-11,16H,3-7H2,1-2H3,(H,17,18). The number of aromatic carboxylic acids is 1. The van der Waals surface area contributed by atoms with Crippen molar-refractivity contribution < 1.29 is 15.0 Å². The maximum absolute atomic E-state index is 11.0. The van der Waals surface area contributed by atoms with Gasteiger partial charge in [0.2, 0.25) is 0 Å². The molecule has 0 heterocycles. The van der Waals surface area contributed by atoms with Crippen LogP contribution in [0.5, 0.6) is 5.75 Å². The van der Waals surface area contributed by atoms with Crippen LogP contribution in [0.2, 0.25) is 0 Å². The van der Waals surface area contributed by atoms with Gasteiger partial charge >= 0.3 is 5.97 Å². The lowest BCUT2D eigenvalue weighted by molar-refractivity contribution is 0.0695. The van der Waals surface area contributed by atoms with E-state index in [1.165, 1.54) is 25.0 Å². The van der Waals surface area contributed by atoms with Crippen LogP contribution in [0, 0.1) is 5.92 Å². The molecular weight excluding hydrogens is 228 g/mol. The zero-order valence-electron chi connectivity index (χ0n) is 11.1. The van der Waals surface area contributed by atoms with Crippen molar-refractivity contribution in [3.8, 4) is 5.75 Å². The van der Waals surface area contributed by atoms with Crippen molar-refractivity contribution in [3.63, 3.8) is 0 Å². The Kier molecular flexibility index (Phi) is 5.69. The molecule has 0 spiro atoms. The summed E-state index contributed by atoms with van der Waals surface area (Å²) in [5, 5.41) is 18.5. The highest BCUT2D eigenvalue weighted by Crippen LogP contribution is 2.20. The molecule has 100 valence electrons. The van der Waals surface area contributed by atoms with Crippen LogP contribution in [-0.2, 0) is 6.42 Å². The summed E-state index contributed by atoms with van der Waals surface area (Å²) in [6.45, 7) is 4.42. The van der Waals surface area contributed by atoms with E-state index in [2.05, 4.69) is 13.8 Å². The molecule has 0 aliphatic rings. The maximum atomic E-state index is 11.0. The smallest absolute Gasteiger partial charge is 0.335 e. The van der Waals surface area contributed by atoms with Crippen LogP contribution >= 0.6 is 0 Å². The normalized spacial score (nSPS) is 12.3. The van der Waals surface area contributed by atoms with E-state index < -0.39 is 5.97 Å². The third kappa shape index (κ3) is 4.40. The third-order valence-corrected chi connectivity index (χ3v) is 3.41. The molecule has 18 heavy (non-hydrogen) atoms. The van der Waals surface area contributed by atoms with E-state index in [0.29, 0.717) is 12.0 Å². The predicted octanol–water partition coefficient (Wildman–Crippen LogP) is 3.85. The number of hydrogen-bond donors (Lipinski definition) is 2. The number of unbranched alkanes of at least 4 members (excludes halogenated alkanes) is 1. The molecule has 1 aromatic rings. The molecule has 0 bridgehead atoms. The molecule has 0 aromatic heterocycles. The second-order valence-electron chi connectivity index (χ2n) is 4.91. The highest BCUT2D eigenvalue weighted by molar-refractivity contribution is 5.89. The van der Waals surface area contributed by atoms with E-state index in [1.54, 1.807) is 6.07 Å². The second-order valence-corrected chi connectivity index (χ2v) is 4.91. The monoisotopic (exact) mass is 250 g/mol. The molecule has 2 N–H and O–H groups in total. The Hall–Kier alpha value is -1.51. The second kappa shape index (κ2) is 7.04. The van der Waals surface area contributed by atoms with Gasteiger partial charge in [-0.2, -0.15) is 0 Å². The van der Waals surface area contributed by atoms with Crippen LogP contribution < -0.4 is 0 Å². The molecule has 3 heteroatoms. The van der Waals surface area contributed by atoms with Crippen molar-refractivity contribution >= 4 is 5.97 Å². The minimum Gasteiger partial charge on any atom is -0.508 e. The molecule has 1 atom stereocenters. The number of rotatable bonds is 7. The summed E-state index contributed by atoms with van der Waals surface area (Å²) in [5.74, 6) is -0.0584. The Morgan fingerprint density at radius 3 is 2.67 bits per heavy atom. The van der Waals surface area contributed by atoms with Gasteiger partial charge in [-0.1, -0.05) is 33.1 Å². The number of phenolic OH excluding ortho intramolecular Hbond substituents is 1. The van der Waals surface area contributed by atoms with Crippen LogP contribution in [0.1, 0.15) is 55.5 Å². The lowest BCUT2D eigenvalue weighted by Gasteiger charge is -2.09. The molecule has 0 fully saturated rings. The molecular formula is C15H22O3. The van der Waals surface area contributed by atoms with Gasteiger partial charge in [0.1, 0.15) is 5.75 Å². The van der Waals surface area contributed by atoms with Gasteiger partial charge in [0.25, 0.3) is 0 Å². The maximum Gasteiger partial charge on any atom is 0.335 e. The number of carboxylic acid groups (broad SMARTS) is 1. The summed E-state index contributed by atoms with van der Waals surface area (Å²) in [6, 6.07) is 4.46. The SMILES string of the molecule is CCC(C)CCCCc1cc(O)ccc1C(=O)O. The molecule has 0 saturated carbocycles. The molecule has 0 saturated heterocycles. The van der Waals surface area contributed by atoms with Gasteiger partial charge < -0.3 is 10.2 Å². The van der Waals surface area contributed by atoms with Gasteiger partial charge in [-0.05, 0) is 42.5 Å². The molecule has 0 aliphatic carbocycles. The average Bonchev–Trinajstić information content (AvgIpc) is 2.34. The Morgan fingerprint density at radius 2 is 2.06 bits per heavy atom. The van der Waals surface area contributed by atoms with Crippen molar-refractivity contribution in [1.29, 1.82) is 0 Å². The first-order chi connectivity index (χ1) is 8.54. The number of carbonyl (C=O) groups is 1. The first-order valence-corrected chi connectivity index (χ1v) is 6.59. The quantitative estimate of drug-likeness (QED) is 0.723. The van der Waals surface area contributed by atoms with Crippen molar-refractivity contribution in [3.05, 3.63) is 29.3 Å². The minimum absolute atomic E-state index is 0.136. The summed E-state index contributed by atoms with van der Waals surface area (Å²) >= 11 is 0. The summed E-state index contributed by atoms with van der Waals surface area (Å²) in [6.07, 6.45) is 5.15. The van der Waals surface area contributed by atoms with Gasteiger partial charge in [0.15, 0.2) is 0 Å². The van der Waals surface area contributed by atoms with E-state index in [4.69, 9.17) is 5.11 Å². The fourth-order valence-electron chi connectivity index (χ4n) is 2.01. The zero-order chi connectivity index (χ0) is 13.5. The molecule has 0 radical (unpaired) electrons. The summed E-state index contributed by atoms with van der Waals surface area (Å²) in [4.78, 5) is 11.0. The first kappa shape index (κ1) is 14.6.